The molecule has 6 nitrogen and oxygen atoms in total. The third kappa shape index (κ3) is 2.65. The minimum Gasteiger partial charge on any atom is -0.489 e. The van der Waals surface area contributed by atoms with Crippen LogP contribution in [0.3, 0.4) is 0 Å². The zero-order chi connectivity index (χ0) is 14.0. The summed E-state index contributed by atoms with van der Waals surface area (Å²) < 4.78 is 34.4. The Bertz CT molecular complexity index is 605. The van der Waals surface area contributed by atoms with Crippen LogP contribution in [-0.2, 0) is 9.84 Å². The van der Waals surface area contributed by atoms with Gasteiger partial charge in [0.05, 0.1) is 23.9 Å². The van der Waals surface area contributed by atoms with Gasteiger partial charge in [-0.05, 0) is 6.07 Å². The molecular formula is C12H14O6S. The normalized spacial score (nSPS) is 14.8. The van der Waals surface area contributed by atoms with E-state index >= 15 is 0 Å². The molecule has 0 aliphatic carbocycles. The molecule has 19 heavy (non-hydrogen) atoms. The standard InChI is InChI=1S/C12H14O6S/c1-2-19(15,16)8-6-9(12(13)14)11-10(7-8)17-4-3-5-18-11/h6-7H,2-5H2,1H3,(H,13,14). The van der Waals surface area contributed by atoms with E-state index in [0.29, 0.717) is 19.6 Å². The van der Waals surface area contributed by atoms with Crippen LogP contribution >= 0.6 is 0 Å². The highest BCUT2D eigenvalue weighted by molar-refractivity contribution is 7.91. The quantitative estimate of drug-likeness (QED) is 0.901. The summed E-state index contributed by atoms with van der Waals surface area (Å²) in [6, 6.07) is 2.45. The Labute approximate surface area is 110 Å². The van der Waals surface area contributed by atoms with Gasteiger partial charge in [0.2, 0.25) is 0 Å². The topological polar surface area (TPSA) is 89.9 Å². The summed E-state index contributed by atoms with van der Waals surface area (Å²) in [5.41, 5.74) is -0.188. The molecule has 0 saturated heterocycles. The van der Waals surface area contributed by atoms with Crippen molar-refractivity contribution in [3.8, 4) is 11.5 Å². The lowest BCUT2D eigenvalue weighted by atomic mass is 10.2. The van der Waals surface area contributed by atoms with E-state index in [4.69, 9.17) is 14.6 Å². The van der Waals surface area contributed by atoms with Gasteiger partial charge in [0, 0.05) is 12.5 Å². The molecule has 1 aliphatic heterocycles. The number of hydrogen-bond donors (Lipinski definition) is 1. The lowest BCUT2D eigenvalue weighted by Crippen LogP contribution is -2.09. The molecule has 104 valence electrons. The third-order valence-electron chi connectivity index (χ3n) is 2.79. The first-order valence-electron chi connectivity index (χ1n) is 5.85. The summed E-state index contributed by atoms with van der Waals surface area (Å²) in [5, 5.41) is 9.17. The zero-order valence-electron chi connectivity index (χ0n) is 10.4. The monoisotopic (exact) mass is 286 g/mol. The molecular weight excluding hydrogens is 272 g/mol. The maximum Gasteiger partial charge on any atom is 0.339 e. The average Bonchev–Trinajstić information content (AvgIpc) is 2.62. The SMILES string of the molecule is CCS(=O)(=O)c1cc2c(c(C(=O)O)c1)OCCCO2. The summed E-state index contributed by atoms with van der Waals surface area (Å²) in [4.78, 5) is 11.2. The van der Waals surface area contributed by atoms with Gasteiger partial charge in [0.25, 0.3) is 0 Å². The highest BCUT2D eigenvalue weighted by Crippen LogP contribution is 2.36. The van der Waals surface area contributed by atoms with Gasteiger partial charge >= 0.3 is 5.97 Å². The number of fused-ring (bicyclic) bond motifs is 1. The van der Waals surface area contributed by atoms with Crippen molar-refractivity contribution in [2.45, 2.75) is 18.2 Å². The van der Waals surface area contributed by atoms with Gasteiger partial charge in [-0.3, -0.25) is 0 Å². The van der Waals surface area contributed by atoms with Crippen molar-refractivity contribution in [2.75, 3.05) is 19.0 Å². The fraction of sp³-hybridized carbons (Fsp3) is 0.417. The van der Waals surface area contributed by atoms with Crippen LogP contribution in [-0.4, -0.2) is 38.5 Å². The molecule has 0 unspecified atom stereocenters. The predicted molar refractivity (Wildman–Crippen MR) is 66.7 cm³/mol. The molecule has 0 bridgehead atoms. The fourth-order valence-electron chi connectivity index (χ4n) is 1.75. The lowest BCUT2D eigenvalue weighted by Gasteiger charge is -2.12. The highest BCUT2D eigenvalue weighted by atomic mass is 32.2. The van der Waals surface area contributed by atoms with E-state index in [-0.39, 0.29) is 27.7 Å². The molecule has 0 amide bonds. The molecule has 1 heterocycles. The summed E-state index contributed by atoms with van der Waals surface area (Å²) in [7, 11) is -3.50. The van der Waals surface area contributed by atoms with Crippen molar-refractivity contribution in [3.63, 3.8) is 0 Å². The maximum atomic E-state index is 11.9. The van der Waals surface area contributed by atoms with Crippen LogP contribution in [0, 0.1) is 0 Å². The van der Waals surface area contributed by atoms with Gasteiger partial charge in [0.15, 0.2) is 21.3 Å². The van der Waals surface area contributed by atoms with Gasteiger partial charge < -0.3 is 14.6 Å². The first-order valence-corrected chi connectivity index (χ1v) is 7.50. The highest BCUT2D eigenvalue weighted by Gasteiger charge is 2.24. The number of hydrogen-bond acceptors (Lipinski definition) is 5. The van der Waals surface area contributed by atoms with E-state index in [1.165, 1.54) is 13.0 Å². The summed E-state index contributed by atoms with van der Waals surface area (Å²) in [5.74, 6) is -1.08. The van der Waals surface area contributed by atoms with Crippen LogP contribution in [0.5, 0.6) is 11.5 Å². The van der Waals surface area contributed by atoms with E-state index < -0.39 is 15.8 Å². The van der Waals surface area contributed by atoms with Crippen LogP contribution < -0.4 is 9.47 Å². The van der Waals surface area contributed by atoms with Crippen molar-refractivity contribution in [3.05, 3.63) is 17.7 Å². The molecule has 1 aromatic carbocycles. The number of carboxylic acid groups (broad SMARTS) is 1. The van der Waals surface area contributed by atoms with Crippen LogP contribution in [0.25, 0.3) is 0 Å². The van der Waals surface area contributed by atoms with Gasteiger partial charge in [0.1, 0.15) is 5.56 Å². The summed E-state index contributed by atoms with van der Waals surface area (Å²) in [6.07, 6.45) is 0.615. The number of rotatable bonds is 3. The zero-order valence-corrected chi connectivity index (χ0v) is 11.2. The van der Waals surface area contributed by atoms with Crippen LogP contribution in [0.2, 0.25) is 0 Å². The van der Waals surface area contributed by atoms with Crippen LogP contribution in [0.15, 0.2) is 17.0 Å². The predicted octanol–water partition coefficient (Wildman–Crippen LogP) is 1.34. The average molecular weight is 286 g/mol. The Morgan fingerprint density at radius 3 is 2.63 bits per heavy atom. The molecule has 0 radical (unpaired) electrons. The molecule has 0 aromatic heterocycles. The maximum absolute atomic E-state index is 11.9. The van der Waals surface area contributed by atoms with E-state index in [9.17, 15) is 13.2 Å². The fourth-order valence-corrected chi connectivity index (χ4v) is 2.67. The first kappa shape index (κ1) is 13.7. The van der Waals surface area contributed by atoms with Crippen molar-refractivity contribution in [2.24, 2.45) is 0 Å². The Kier molecular flexibility index (Phi) is 3.66. The van der Waals surface area contributed by atoms with E-state index in [2.05, 4.69) is 0 Å². The van der Waals surface area contributed by atoms with Crippen LogP contribution in [0.1, 0.15) is 23.7 Å². The molecule has 1 aromatic rings. The second-order valence-electron chi connectivity index (χ2n) is 4.06. The van der Waals surface area contributed by atoms with E-state index in [0.717, 1.165) is 6.07 Å². The number of carbonyl (C=O) groups is 1. The molecule has 0 fully saturated rings. The second-order valence-corrected chi connectivity index (χ2v) is 6.34. The number of benzene rings is 1. The van der Waals surface area contributed by atoms with E-state index in [1.807, 2.05) is 0 Å². The lowest BCUT2D eigenvalue weighted by molar-refractivity contribution is 0.0692. The largest absolute Gasteiger partial charge is 0.489 e. The molecule has 7 heteroatoms. The number of carboxylic acids is 1. The Balaban J connectivity index is 2.65. The van der Waals surface area contributed by atoms with Gasteiger partial charge in [-0.1, -0.05) is 6.92 Å². The molecule has 2 rings (SSSR count). The first-order chi connectivity index (χ1) is 8.95. The molecule has 0 spiro atoms. The minimum absolute atomic E-state index is 0.0587. The van der Waals surface area contributed by atoms with Gasteiger partial charge in [-0.2, -0.15) is 0 Å². The molecule has 0 saturated carbocycles. The summed E-state index contributed by atoms with van der Waals surface area (Å²) in [6.45, 7) is 2.20. The van der Waals surface area contributed by atoms with Gasteiger partial charge in [-0.25, -0.2) is 13.2 Å². The number of sulfone groups is 1. The third-order valence-corrected chi connectivity index (χ3v) is 4.50. The van der Waals surface area contributed by atoms with Crippen molar-refractivity contribution in [1.82, 2.24) is 0 Å². The smallest absolute Gasteiger partial charge is 0.339 e. The Morgan fingerprint density at radius 1 is 1.32 bits per heavy atom. The molecule has 1 aliphatic rings. The van der Waals surface area contributed by atoms with Gasteiger partial charge in [-0.15, -0.1) is 0 Å². The van der Waals surface area contributed by atoms with E-state index in [1.54, 1.807) is 0 Å². The Hall–Kier alpha value is -1.76. The number of aromatic carboxylic acids is 1. The van der Waals surface area contributed by atoms with Crippen LogP contribution in [0.4, 0.5) is 0 Å². The van der Waals surface area contributed by atoms with Crippen molar-refractivity contribution >= 4 is 15.8 Å². The summed E-state index contributed by atoms with van der Waals surface area (Å²) >= 11 is 0. The minimum atomic E-state index is -3.50. The molecule has 1 N–H and O–H groups in total. The Morgan fingerprint density at radius 2 is 2.00 bits per heavy atom. The second kappa shape index (κ2) is 5.08. The van der Waals surface area contributed by atoms with Crippen molar-refractivity contribution < 1.29 is 27.8 Å². The molecule has 0 atom stereocenters. The van der Waals surface area contributed by atoms with Crippen molar-refractivity contribution in [1.29, 1.82) is 0 Å². The number of ether oxygens (including phenoxy) is 2.